The normalized spacial score (nSPS) is 20.5. The highest BCUT2D eigenvalue weighted by molar-refractivity contribution is 5.78. The molecule has 1 fully saturated rings. The van der Waals surface area contributed by atoms with Gasteiger partial charge in [0.15, 0.2) is 0 Å². The molecule has 2 atom stereocenters. The van der Waals surface area contributed by atoms with Gasteiger partial charge in [0, 0.05) is 19.1 Å². The van der Waals surface area contributed by atoms with Gasteiger partial charge in [-0.2, -0.15) is 0 Å². The van der Waals surface area contributed by atoms with E-state index in [-0.39, 0.29) is 12.0 Å². The van der Waals surface area contributed by atoms with Crippen molar-refractivity contribution in [1.29, 1.82) is 0 Å². The predicted molar refractivity (Wildman–Crippen MR) is 88.6 cm³/mol. The second kappa shape index (κ2) is 7.53. The minimum Gasteiger partial charge on any atom is -0.378 e. The molecule has 7 nitrogen and oxygen atoms in total. The fraction of sp³-hybridized carbons (Fsp3) is 0.529. The van der Waals surface area contributed by atoms with E-state index in [0.29, 0.717) is 24.8 Å². The van der Waals surface area contributed by atoms with E-state index in [0.717, 1.165) is 24.3 Å². The summed E-state index contributed by atoms with van der Waals surface area (Å²) in [6.45, 7) is 5.81. The summed E-state index contributed by atoms with van der Waals surface area (Å²) in [5.41, 5.74) is 1.83. The highest BCUT2D eigenvalue weighted by atomic mass is 16.5. The molecule has 0 spiro atoms. The average Bonchev–Trinajstić information content (AvgIpc) is 3.25. The molecule has 1 aromatic heterocycles. The fourth-order valence-electron chi connectivity index (χ4n) is 3.15. The number of tetrazole rings is 1. The van der Waals surface area contributed by atoms with Crippen molar-refractivity contribution in [3.63, 3.8) is 0 Å². The van der Waals surface area contributed by atoms with Crippen molar-refractivity contribution in [3.8, 4) is 5.69 Å². The summed E-state index contributed by atoms with van der Waals surface area (Å²) < 4.78 is 7.34. The fourth-order valence-corrected chi connectivity index (χ4v) is 3.15. The van der Waals surface area contributed by atoms with Crippen LogP contribution in [0.5, 0.6) is 0 Å². The Morgan fingerprint density at radius 2 is 2.17 bits per heavy atom. The number of nitrogens with one attached hydrogen (secondary N) is 1. The molecule has 1 saturated heterocycles. The van der Waals surface area contributed by atoms with Crippen LogP contribution in [0.1, 0.15) is 25.8 Å². The standard InChI is InChI=1S/C17H23N5O2/c1-12(2)17-14(7-8-24-17)10-18-16(23)9-13-3-5-15(6-4-13)22-11-19-20-21-22/h3-6,11-12,14,17H,7-10H2,1-2H3,(H,18,23)/t14-,17+/m0/s1. The molecule has 1 N–H and O–H groups in total. The number of ether oxygens (including phenoxy) is 1. The minimum atomic E-state index is 0.0413. The third-order valence-electron chi connectivity index (χ3n) is 4.40. The van der Waals surface area contributed by atoms with Gasteiger partial charge in [-0.05, 0) is 40.5 Å². The first kappa shape index (κ1) is 16.6. The first-order chi connectivity index (χ1) is 11.6. The summed E-state index contributed by atoms with van der Waals surface area (Å²) >= 11 is 0. The molecule has 7 heteroatoms. The molecule has 128 valence electrons. The van der Waals surface area contributed by atoms with Crippen LogP contribution >= 0.6 is 0 Å². The second-order valence-corrected chi connectivity index (χ2v) is 6.53. The molecule has 3 rings (SSSR count). The molecular formula is C17H23N5O2. The molecule has 0 aliphatic carbocycles. The first-order valence-electron chi connectivity index (χ1n) is 8.34. The van der Waals surface area contributed by atoms with E-state index in [1.54, 1.807) is 4.68 Å². The largest absolute Gasteiger partial charge is 0.378 e. The van der Waals surface area contributed by atoms with Gasteiger partial charge in [-0.15, -0.1) is 5.10 Å². The number of rotatable bonds is 6. The summed E-state index contributed by atoms with van der Waals surface area (Å²) in [7, 11) is 0. The van der Waals surface area contributed by atoms with Crippen LogP contribution in [0.2, 0.25) is 0 Å². The van der Waals surface area contributed by atoms with Gasteiger partial charge in [0.25, 0.3) is 0 Å². The highest BCUT2D eigenvalue weighted by Crippen LogP contribution is 2.26. The Kier molecular flexibility index (Phi) is 5.20. The summed E-state index contributed by atoms with van der Waals surface area (Å²) in [5.74, 6) is 0.934. The monoisotopic (exact) mass is 329 g/mol. The lowest BCUT2D eigenvalue weighted by molar-refractivity contribution is -0.120. The Labute approximate surface area is 141 Å². The minimum absolute atomic E-state index is 0.0413. The van der Waals surface area contributed by atoms with E-state index in [2.05, 4.69) is 34.7 Å². The summed E-state index contributed by atoms with van der Waals surface area (Å²) in [4.78, 5) is 12.2. The number of carbonyl (C=O) groups excluding carboxylic acids is 1. The molecular weight excluding hydrogens is 306 g/mol. The number of aromatic nitrogens is 4. The second-order valence-electron chi connectivity index (χ2n) is 6.53. The molecule has 24 heavy (non-hydrogen) atoms. The zero-order chi connectivity index (χ0) is 16.9. The lowest BCUT2D eigenvalue weighted by atomic mass is 9.93. The van der Waals surface area contributed by atoms with Gasteiger partial charge >= 0.3 is 0 Å². The maximum Gasteiger partial charge on any atom is 0.224 e. The molecule has 2 aromatic rings. The molecule has 1 aliphatic heterocycles. The van der Waals surface area contributed by atoms with Crippen LogP contribution in [0.4, 0.5) is 0 Å². The lowest BCUT2D eigenvalue weighted by Gasteiger charge is -2.22. The lowest BCUT2D eigenvalue weighted by Crippen LogP contribution is -2.35. The molecule has 0 bridgehead atoms. The van der Waals surface area contributed by atoms with Gasteiger partial charge in [-0.3, -0.25) is 4.79 Å². The zero-order valence-electron chi connectivity index (χ0n) is 14.1. The van der Waals surface area contributed by atoms with Gasteiger partial charge in [0.05, 0.1) is 18.2 Å². The Hall–Kier alpha value is -2.28. The van der Waals surface area contributed by atoms with Crippen LogP contribution < -0.4 is 5.32 Å². The maximum absolute atomic E-state index is 12.2. The Morgan fingerprint density at radius 3 is 2.83 bits per heavy atom. The van der Waals surface area contributed by atoms with E-state index in [4.69, 9.17) is 4.74 Å². The molecule has 0 radical (unpaired) electrons. The van der Waals surface area contributed by atoms with Crippen molar-refractivity contribution in [1.82, 2.24) is 25.5 Å². The SMILES string of the molecule is CC(C)[C@H]1OCC[C@H]1CNC(=O)Cc1ccc(-n2cnnn2)cc1. The Bertz CT molecular complexity index is 654. The Morgan fingerprint density at radius 1 is 1.38 bits per heavy atom. The van der Waals surface area contributed by atoms with Crippen LogP contribution in [0, 0.1) is 11.8 Å². The van der Waals surface area contributed by atoms with Crippen molar-refractivity contribution in [2.45, 2.75) is 32.8 Å². The average molecular weight is 329 g/mol. The van der Waals surface area contributed by atoms with Gasteiger partial charge < -0.3 is 10.1 Å². The zero-order valence-corrected chi connectivity index (χ0v) is 14.1. The molecule has 0 unspecified atom stereocenters. The van der Waals surface area contributed by atoms with E-state index in [1.807, 2.05) is 24.3 Å². The smallest absolute Gasteiger partial charge is 0.224 e. The molecule has 1 aromatic carbocycles. The van der Waals surface area contributed by atoms with Gasteiger partial charge in [-0.25, -0.2) is 4.68 Å². The molecule has 1 aliphatic rings. The summed E-state index contributed by atoms with van der Waals surface area (Å²) in [5, 5.41) is 14.1. The van der Waals surface area contributed by atoms with E-state index >= 15 is 0 Å². The van der Waals surface area contributed by atoms with Gasteiger partial charge in [-0.1, -0.05) is 26.0 Å². The van der Waals surface area contributed by atoms with E-state index in [1.165, 1.54) is 6.33 Å². The summed E-state index contributed by atoms with van der Waals surface area (Å²) in [6, 6.07) is 7.65. The van der Waals surface area contributed by atoms with Crippen molar-refractivity contribution in [2.24, 2.45) is 11.8 Å². The Balaban J connectivity index is 1.50. The van der Waals surface area contributed by atoms with E-state index < -0.39 is 0 Å². The first-order valence-corrected chi connectivity index (χ1v) is 8.34. The molecule has 1 amide bonds. The van der Waals surface area contributed by atoms with E-state index in [9.17, 15) is 4.79 Å². The van der Waals surface area contributed by atoms with Crippen LogP contribution in [-0.2, 0) is 16.0 Å². The van der Waals surface area contributed by atoms with Crippen LogP contribution in [0.3, 0.4) is 0 Å². The quantitative estimate of drug-likeness (QED) is 0.866. The molecule has 0 saturated carbocycles. The highest BCUT2D eigenvalue weighted by Gasteiger charge is 2.30. The number of benzene rings is 1. The topological polar surface area (TPSA) is 81.9 Å². The number of nitrogens with zero attached hydrogens (tertiary/aromatic N) is 4. The predicted octanol–water partition coefficient (Wildman–Crippen LogP) is 1.38. The van der Waals surface area contributed by atoms with Crippen molar-refractivity contribution in [2.75, 3.05) is 13.2 Å². The third kappa shape index (κ3) is 3.97. The summed E-state index contributed by atoms with van der Waals surface area (Å²) in [6.07, 6.45) is 3.18. The van der Waals surface area contributed by atoms with Crippen molar-refractivity contribution < 1.29 is 9.53 Å². The third-order valence-corrected chi connectivity index (χ3v) is 4.40. The molecule has 2 heterocycles. The van der Waals surface area contributed by atoms with Crippen LogP contribution in [-0.4, -0.2) is 45.4 Å². The number of hydrogen-bond acceptors (Lipinski definition) is 5. The van der Waals surface area contributed by atoms with Crippen molar-refractivity contribution >= 4 is 5.91 Å². The number of amides is 1. The van der Waals surface area contributed by atoms with Gasteiger partial charge in [0.2, 0.25) is 5.91 Å². The van der Waals surface area contributed by atoms with Crippen molar-refractivity contribution in [3.05, 3.63) is 36.2 Å². The van der Waals surface area contributed by atoms with Crippen LogP contribution in [0.15, 0.2) is 30.6 Å². The number of hydrogen-bond donors (Lipinski definition) is 1. The number of carbonyl (C=O) groups is 1. The van der Waals surface area contributed by atoms with Gasteiger partial charge in [0.1, 0.15) is 6.33 Å². The maximum atomic E-state index is 12.2. The van der Waals surface area contributed by atoms with Crippen LogP contribution in [0.25, 0.3) is 5.69 Å².